The van der Waals surface area contributed by atoms with Crippen LogP contribution < -0.4 is 0 Å². The zero-order chi connectivity index (χ0) is 7.98. The quantitative estimate of drug-likeness (QED) is 0.461. The van der Waals surface area contributed by atoms with Gasteiger partial charge >= 0.3 is 5.97 Å². The van der Waals surface area contributed by atoms with Gasteiger partial charge in [0.2, 0.25) is 0 Å². The first-order valence-corrected chi connectivity index (χ1v) is 2.88. The van der Waals surface area contributed by atoms with E-state index in [9.17, 15) is 4.79 Å². The molecule has 0 aliphatic rings. The molecular weight excluding hydrogens is 132 g/mol. The molecule has 0 unspecified atom stereocenters. The summed E-state index contributed by atoms with van der Waals surface area (Å²) in [5.41, 5.74) is 0.165. The Hall–Kier alpha value is -1.25. The predicted molar refractivity (Wildman–Crippen MR) is 37.8 cm³/mol. The molecule has 0 rings (SSSR count). The molecule has 0 atom stereocenters. The molecule has 0 aromatic carbocycles. The lowest BCUT2D eigenvalue weighted by Gasteiger charge is -1.93. The molecule has 0 bridgehead atoms. The molecule has 0 radical (unpaired) electrons. The van der Waals surface area contributed by atoms with Gasteiger partial charge in [-0.05, 0) is 18.9 Å². The smallest absolute Gasteiger partial charge is 0.330 e. The Balaban J connectivity index is 3.50. The van der Waals surface area contributed by atoms with Gasteiger partial charge in [0.25, 0.3) is 0 Å². The predicted octanol–water partition coefficient (Wildman–Crippen LogP) is 1.48. The molecule has 0 saturated carbocycles. The highest BCUT2D eigenvalue weighted by molar-refractivity contribution is 5.85. The number of carboxylic acid groups (broad SMARTS) is 1. The number of allylic oxidation sites excluding steroid dienone is 1. The molecule has 10 heavy (non-hydrogen) atoms. The van der Waals surface area contributed by atoms with Gasteiger partial charge < -0.3 is 10.2 Å². The summed E-state index contributed by atoms with van der Waals surface area (Å²) >= 11 is 0. The summed E-state index contributed by atoms with van der Waals surface area (Å²) in [5, 5.41) is 16.5. The van der Waals surface area contributed by atoms with E-state index in [1.165, 1.54) is 6.08 Å². The maximum absolute atomic E-state index is 10.1. The fourth-order valence-electron chi connectivity index (χ4n) is 0.439. The second-order valence-electron chi connectivity index (χ2n) is 1.83. The zero-order valence-electron chi connectivity index (χ0n) is 5.58. The highest BCUT2D eigenvalue weighted by Gasteiger charge is 2.00. The third-order valence-corrected chi connectivity index (χ3v) is 1.02. The monoisotopic (exact) mass is 142 g/mol. The van der Waals surface area contributed by atoms with E-state index in [1.54, 1.807) is 0 Å². The Kier molecular flexibility index (Phi) is 4.04. The van der Waals surface area contributed by atoms with Crippen LogP contribution in [-0.4, -0.2) is 16.2 Å². The fourth-order valence-corrected chi connectivity index (χ4v) is 0.439. The second kappa shape index (κ2) is 4.61. The minimum atomic E-state index is -0.980. The number of carbonyl (C=O) groups is 1. The largest absolute Gasteiger partial charge is 0.516 e. The van der Waals surface area contributed by atoms with Crippen LogP contribution in [0.1, 0.15) is 12.8 Å². The van der Waals surface area contributed by atoms with Crippen molar-refractivity contribution in [3.05, 3.63) is 24.5 Å². The number of hydrogen-bond donors (Lipinski definition) is 2. The summed E-state index contributed by atoms with van der Waals surface area (Å²) in [6, 6.07) is 0. The van der Waals surface area contributed by atoms with Crippen LogP contribution in [0.2, 0.25) is 0 Å². The van der Waals surface area contributed by atoms with Gasteiger partial charge in [0.05, 0.1) is 6.26 Å². The van der Waals surface area contributed by atoms with Gasteiger partial charge in [-0.25, -0.2) is 4.79 Å². The van der Waals surface area contributed by atoms with Crippen molar-refractivity contribution in [3.63, 3.8) is 0 Å². The van der Waals surface area contributed by atoms with E-state index in [1.807, 2.05) is 0 Å². The second-order valence-corrected chi connectivity index (χ2v) is 1.83. The van der Waals surface area contributed by atoms with Crippen molar-refractivity contribution >= 4 is 5.97 Å². The van der Waals surface area contributed by atoms with Crippen molar-refractivity contribution in [2.75, 3.05) is 0 Å². The Labute approximate surface area is 59.3 Å². The summed E-state index contributed by atoms with van der Waals surface area (Å²) in [5.74, 6) is -0.980. The lowest BCUT2D eigenvalue weighted by molar-refractivity contribution is -0.132. The maximum Gasteiger partial charge on any atom is 0.330 e. The van der Waals surface area contributed by atoms with Crippen molar-refractivity contribution in [2.45, 2.75) is 12.8 Å². The highest BCUT2D eigenvalue weighted by Crippen LogP contribution is 2.01. The first kappa shape index (κ1) is 8.75. The summed E-state index contributed by atoms with van der Waals surface area (Å²) in [4.78, 5) is 10.1. The summed E-state index contributed by atoms with van der Waals surface area (Å²) in [6.45, 7) is 3.31. The molecule has 0 aromatic rings. The van der Waals surface area contributed by atoms with E-state index >= 15 is 0 Å². The van der Waals surface area contributed by atoms with Crippen LogP contribution in [0.3, 0.4) is 0 Å². The minimum absolute atomic E-state index is 0.165. The SMILES string of the molecule is C=C(CCC=CO)C(=O)O. The summed E-state index contributed by atoms with van der Waals surface area (Å²) in [6.07, 6.45) is 3.28. The van der Waals surface area contributed by atoms with Crippen molar-refractivity contribution in [1.29, 1.82) is 0 Å². The topological polar surface area (TPSA) is 57.5 Å². The number of aliphatic hydroxyl groups excluding tert-OH is 1. The third-order valence-electron chi connectivity index (χ3n) is 1.02. The third kappa shape index (κ3) is 3.72. The van der Waals surface area contributed by atoms with E-state index in [-0.39, 0.29) is 5.57 Å². The van der Waals surface area contributed by atoms with Crippen molar-refractivity contribution in [2.24, 2.45) is 0 Å². The standard InChI is InChI=1S/C7H10O3/c1-6(7(9)10)4-2-3-5-8/h3,5,8H,1-2,4H2,(H,9,10). The molecule has 0 aromatic heterocycles. The molecule has 2 N–H and O–H groups in total. The Bertz CT molecular complexity index is 158. The minimum Gasteiger partial charge on any atom is -0.516 e. The van der Waals surface area contributed by atoms with Gasteiger partial charge in [-0.2, -0.15) is 0 Å². The van der Waals surface area contributed by atoms with E-state index in [0.29, 0.717) is 12.8 Å². The van der Waals surface area contributed by atoms with E-state index in [4.69, 9.17) is 10.2 Å². The van der Waals surface area contributed by atoms with Gasteiger partial charge in [-0.3, -0.25) is 0 Å². The molecule has 0 aliphatic carbocycles. The van der Waals surface area contributed by atoms with Crippen molar-refractivity contribution in [3.8, 4) is 0 Å². The van der Waals surface area contributed by atoms with Gasteiger partial charge in [0.15, 0.2) is 0 Å². The molecule has 56 valence electrons. The van der Waals surface area contributed by atoms with Crippen LogP contribution in [0.5, 0.6) is 0 Å². The van der Waals surface area contributed by atoms with Gasteiger partial charge in [-0.1, -0.05) is 6.58 Å². The lowest BCUT2D eigenvalue weighted by Crippen LogP contribution is -1.97. The molecule has 0 amide bonds. The molecule has 0 heterocycles. The average Bonchev–Trinajstić information content (AvgIpc) is 1.88. The molecule has 3 heteroatoms. The Morgan fingerprint density at radius 2 is 2.20 bits per heavy atom. The van der Waals surface area contributed by atoms with E-state index in [2.05, 4.69) is 6.58 Å². The first-order chi connectivity index (χ1) is 4.68. The van der Waals surface area contributed by atoms with Crippen LogP contribution in [0.4, 0.5) is 0 Å². The molecule has 3 nitrogen and oxygen atoms in total. The first-order valence-electron chi connectivity index (χ1n) is 2.88. The van der Waals surface area contributed by atoms with Gasteiger partial charge in [0, 0.05) is 5.57 Å². The zero-order valence-corrected chi connectivity index (χ0v) is 5.58. The van der Waals surface area contributed by atoms with Crippen LogP contribution >= 0.6 is 0 Å². The highest BCUT2D eigenvalue weighted by atomic mass is 16.4. The normalized spacial score (nSPS) is 10.0. The number of aliphatic hydroxyl groups is 1. The molecule has 0 aliphatic heterocycles. The Morgan fingerprint density at radius 3 is 2.60 bits per heavy atom. The van der Waals surface area contributed by atoms with Gasteiger partial charge in [-0.15, -0.1) is 0 Å². The molecule has 0 spiro atoms. The number of hydrogen-bond acceptors (Lipinski definition) is 2. The Morgan fingerprint density at radius 1 is 1.60 bits per heavy atom. The van der Waals surface area contributed by atoms with Crippen LogP contribution in [0, 0.1) is 0 Å². The van der Waals surface area contributed by atoms with Gasteiger partial charge in [0.1, 0.15) is 0 Å². The molecular formula is C7H10O3. The van der Waals surface area contributed by atoms with E-state index < -0.39 is 5.97 Å². The lowest BCUT2D eigenvalue weighted by atomic mass is 10.2. The summed E-state index contributed by atoms with van der Waals surface area (Å²) in [7, 11) is 0. The number of aliphatic carboxylic acids is 1. The maximum atomic E-state index is 10.1. The molecule has 0 fully saturated rings. The van der Waals surface area contributed by atoms with E-state index in [0.717, 1.165) is 6.26 Å². The fraction of sp³-hybridized carbons (Fsp3) is 0.286. The molecule has 0 saturated heterocycles. The van der Waals surface area contributed by atoms with Crippen molar-refractivity contribution < 1.29 is 15.0 Å². The summed E-state index contributed by atoms with van der Waals surface area (Å²) < 4.78 is 0. The van der Waals surface area contributed by atoms with Crippen molar-refractivity contribution in [1.82, 2.24) is 0 Å². The average molecular weight is 142 g/mol. The number of carboxylic acids is 1. The van der Waals surface area contributed by atoms with Crippen LogP contribution in [0.15, 0.2) is 24.5 Å². The van der Waals surface area contributed by atoms with Crippen LogP contribution in [-0.2, 0) is 4.79 Å². The van der Waals surface area contributed by atoms with Crippen LogP contribution in [0.25, 0.3) is 0 Å². The number of rotatable bonds is 4.